The molecule has 1 aliphatic heterocycles. The molecule has 23 heavy (non-hydrogen) atoms. The summed E-state index contributed by atoms with van der Waals surface area (Å²) in [4.78, 5) is 28.0. The van der Waals surface area contributed by atoms with E-state index in [-0.39, 0.29) is 17.7 Å². The number of rotatable bonds is 6. The van der Waals surface area contributed by atoms with Gasteiger partial charge in [-0.1, -0.05) is 25.1 Å². The minimum absolute atomic E-state index is 0.0683. The van der Waals surface area contributed by atoms with Crippen LogP contribution in [0.25, 0.3) is 0 Å². The van der Waals surface area contributed by atoms with Gasteiger partial charge in [-0.25, -0.2) is 0 Å². The molecule has 1 aliphatic rings. The van der Waals surface area contributed by atoms with Gasteiger partial charge in [0.05, 0.1) is 5.92 Å². The molecule has 0 saturated carbocycles. The summed E-state index contributed by atoms with van der Waals surface area (Å²) >= 11 is 0. The van der Waals surface area contributed by atoms with Gasteiger partial charge in [0.15, 0.2) is 0 Å². The maximum absolute atomic E-state index is 12.3. The minimum atomic E-state index is -0.0683. The summed E-state index contributed by atoms with van der Waals surface area (Å²) in [6.07, 6.45) is 2.29. The van der Waals surface area contributed by atoms with E-state index in [1.165, 1.54) is 0 Å². The molecule has 5 nitrogen and oxygen atoms in total. The molecular weight excluding hydrogens is 290 g/mol. The Balaban J connectivity index is 1.75. The molecule has 2 rings (SSSR count). The largest absolute Gasteiger partial charge is 0.373 e. The van der Waals surface area contributed by atoms with E-state index < -0.39 is 0 Å². The Morgan fingerprint density at radius 2 is 2.04 bits per heavy atom. The van der Waals surface area contributed by atoms with Gasteiger partial charge in [0.1, 0.15) is 0 Å². The highest BCUT2D eigenvalue weighted by atomic mass is 16.2. The molecule has 1 fully saturated rings. The fourth-order valence-corrected chi connectivity index (χ4v) is 2.94. The first-order valence-corrected chi connectivity index (χ1v) is 8.43. The van der Waals surface area contributed by atoms with Gasteiger partial charge in [0.25, 0.3) is 0 Å². The van der Waals surface area contributed by atoms with Crippen LogP contribution in [-0.2, 0) is 9.59 Å². The summed E-state index contributed by atoms with van der Waals surface area (Å²) in [5.74, 6) is 0.146. The minimum Gasteiger partial charge on any atom is -0.373 e. The maximum atomic E-state index is 12.3. The monoisotopic (exact) mass is 317 g/mol. The Kier molecular flexibility index (Phi) is 6.44. The van der Waals surface area contributed by atoms with Crippen LogP contribution in [0.5, 0.6) is 0 Å². The normalized spacial score (nSPS) is 17.7. The second kappa shape index (κ2) is 8.56. The molecule has 5 heteroatoms. The van der Waals surface area contributed by atoms with E-state index >= 15 is 0 Å². The van der Waals surface area contributed by atoms with Gasteiger partial charge in [0, 0.05) is 45.3 Å². The predicted octanol–water partition coefficient (Wildman–Crippen LogP) is 1.89. The number of para-hydroxylation sites is 1. The van der Waals surface area contributed by atoms with E-state index in [1.54, 1.807) is 0 Å². The molecule has 0 bridgehead atoms. The van der Waals surface area contributed by atoms with Crippen LogP contribution in [0.2, 0.25) is 0 Å². The molecule has 1 saturated heterocycles. The Morgan fingerprint density at radius 1 is 1.30 bits per heavy atom. The second-order valence-corrected chi connectivity index (χ2v) is 6.08. The van der Waals surface area contributed by atoms with Crippen LogP contribution in [-0.4, -0.2) is 49.9 Å². The van der Waals surface area contributed by atoms with Crippen LogP contribution < -0.4 is 10.2 Å². The standard InChI is InChI=1S/C18H27N3O2/c1-3-17(22)21-12-7-8-15(14-21)18(23)19-11-13-20(2)16-9-5-4-6-10-16/h4-6,9-10,15H,3,7-8,11-14H2,1-2H3,(H,19,23)/t15-/m1/s1. The zero-order chi connectivity index (χ0) is 16.7. The van der Waals surface area contributed by atoms with Crippen LogP contribution in [0.1, 0.15) is 26.2 Å². The number of piperidine rings is 1. The Bertz CT molecular complexity index is 518. The van der Waals surface area contributed by atoms with Crippen molar-refractivity contribution in [2.75, 3.05) is 38.1 Å². The summed E-state index contributed by atoms with van der Waals surface area (Å²) < 4.78 is 0. The van der Waals surface area contributed by atoms with Crippen molar-refractivity contribution in [3.05, 3.63) is 30.3 Å². The lowest BCUT2D eigenvalue weighted by molar-refractivity contribution is -0.135. The van der Waals surface area contributed by atoms with Gasteiger partial charge >= 0.3 is 0 Å². The molecule has 1 N–H and O–H groups in total. The first-order valence-electron chi connectivity index (χ1n) is 8.43. The lowest BCUT2D eigenvalue weighted by atomic mass is 9.97. The summed E-state index contributed by atoms with van der Waals surface area (Å²) in [6, 6.07) is 10.1. The fraction of sp³-hybridized carbons (Fsp3) is 0.556. The maximum Gasteiger partial charge on any atom is 0.224 e. The van der Waals surface area contributed by atoms with E-state index in [0.29, 0.717) is 19.5 Å². The van der Waals surface area contributed by atoms with Crippen LogP contribution in [0, 0.1) is 5.92 Å². The molecule has 2 amide bonds. The van der Waals surface area contributed by atoms with Crippen molar-refractivity contribution >= 4 is 17.5 Å². The summed E-state index contributed by atoms with van der Waals surface area (Å²) in [6.45, 7) is 4.59. The van der Waals surface area contributed by atoms with Crippen molar-refractivity contribution in [2.24, 2.45) is 5.92 Å². The number of nitrogens with zero attached hydrogens (tertiary/aromatic N) is 2. The molecular formula is C18H27N3O2. The van der Waals surface area contributed by atoms with Crippen molar-refractivity contribution in [2.45, 2.75) is 26.2 Å². The number of amides is 2. The molecule has 0 aromatic heterocycles. The Labute approximate surface area is 138 Å². The van der Waals surface area contributed by atoms with E-state index in [9.17, 15) is 9.59 Å². The molecule has 1 heterocycles. The smallest absolute Gasteiger partial charge is 0.224 e. The van der Waals surface area contributed by atoms with Gasteiger partial charge in [-0.2, -0.15) is 0 Å². The molecule has 126 valence electrons. The number of anilines is 1. The van der Waals surface area contributed by atoms with E-state index in [4.69, 9.17) is 0 Å². The third kappa shape index (κ3) is 4.98. The van der Waals surface area contributed by atoms with Gasteiger partial charge in [-0.3, -0.25) is 9.59 Å². The number of hydrogen-bond acceptors (Lipinski definition) is 3. The average Bonchev–Trinajstić information content (AvgIpc) is 2.61. The highest BCUT2D eigenvalue weighted by Crippen LogP contribution is 2.17. The van der Waals surface area contributed by atoms with Crippen molar-refractivity contribution < 1.29 is 9.59 Å². The van der Waals surface area contributed by atoms with E-state index in [1.807, 2.05) is 37.1 Å². The highest BCUT2D eigenvalue weighted by Gasteiger charge is 2.27. The number of likely N-dealkylation sites (tertiary alicyclic amines) is 1. The van der Waals surface area contributed by atoms with Crippen molar-refractivity contribution in [1.29, 1.82) is 0 Å². The predicted molar refractivity (Wildman–Crippen MR) is 92.3 cm³/mol. The van der Waals surface area contributed by atoms with Crippen molar-refractivity contribution in [3.63, 3.8) is 0 Å². The summed E-state index contributed by atoms with van der Waals surface area (Å²) in [5.41, 5.74) is 1.14. The first-order chi connectivity index (χ1) is 11.1. The van der Waals surface area contributed by atoms with Crippen LogP contribution >= 0.6 is 0 Å². The van der Waals surface area contributed by atoms with Crippen LogP contribution in [0.3, 0.4) is 0 Å². The zero-order valence-corrected chi connectivity index (χ0v) is 14.1. The van der Waals surface area contributed by atoms with Crippen LogP contribution in [0.15, 0.2) is 30.3 Å². The van der Waals surface area contributed by atoms with Crippen LogP contribution in [0.4, 0.5) is 5.69 Å². The lowest BCUT2D eigenvalue weighted by Crippen LogP contribution is -2.46. The van der Waals surface area contributed by atoms with Gasteiger partial charge in [-0.15, -0.1) is 0 Å². The first kappa shape index (κ1) is 17.3. The molecule has 0 aliphatic carbocycles. The van der Waals surface area contributed by atoms with Gasteiger partial charge in [-0.05, 0) is 25.0 Å². The van der Waals surface area contributed by atoms with Gasteiger partial charge < -0.3 is 15.1 Å². The zero-order valence-electron chi connectivity index (χ0n) is 14.1. The second-order valence-electron chi connectivity index (χ2n) is 6.08. The topological polar surface area (TPSA) is 52.7 Å². The Morgan fingerprint density at radius 3 is 2.74 bits per heavy atom. The SMILES string of the molecule is CCC(=O)N1CCC[C@@H](C(=O)NCCN(C)c2ccccc2)C1. The number of likely N-dealkylation sites (N-methyl/N-ethyl adjacent to an activating group) is 1. The third-order valence-electron chi connectivity index (χ3n) is 4.39. The van der Waals surface area contributed by atoms with E-state index in [2.05, 4.69) is 22.3 Å². The Hall–Kier alpha value is -2.04. The number of nitrogens with one attached hydrogen (secondary N) is 1. The molecule has 0 unspecified atom stereocenters. The van der Waals surface area contributed by atoms with Gasteiger partial charge in [0.2, 0.25) is 11.8 Å². The number of hydrogen-bond donors (Lipinski definition) is 1. The molecule has 0 radical (unpaired) electrons. The molecule has 1 aromatic carbocycles. The number of carbonyl (C=O) groups excluding carboxylic acids is 2. The molecule has 0 spiro atoms. The van der Waals surface area contributed by atoms with Crippen molar-refractivity contribution in [1.82, 2.24) is 10.2 Å². The lowest BCUT2D eigenvalue weighted by Gasteiger charge is -2.32. The highest BCUT2D eigenvalue weighted by molar-refractivity contribution is 5.81. The van der Waals surface area contributed by atoms with Crippen molar-refractivity contribution in [3.8, 4) is 0 Å². The van der Waals surface area contributed by atoms with E-state index in [0.717, 1.165) is 31.6 Å². The number of benzene rings is 1. The summed E-state index contributed by atoms with van der Waals surface area (Å²) in [5, 5.41) is 3.01. The quantitative estimate of drug-likeness (QED) is 0.872. The fourth-order valence-electron chi connectivity index (χ4n) is 2.94. The summed E-state index contributed by atoms with van der Waals surface area (Å²) in [7, 11) is 2.02. The molecule has 1 atom stereocenters. The number of carbonyl (C=O) groups is 2. The molecule has 1 aromatic rings. The average molecular weight is 317 g/mol. The third-order valence-corrected chi connectivity index (χ3v) is 4.39.